The number of thioether (sulfide) groups is 1. The van der Waals surface area contributed by atoms with Gasteiger partial charge in [0.15, 0.2) is 5.16 Å². The first-order valence-electron chi connectivity index (χ1n) is 10.2. The third-order valence-corrected chi connectivity index (χ3v) is 6.27. The Hall–Kier alpha value is -2.35. The van der Waals surface area contributed by atoms with Crippen molar-refractivity contribution >= 4 is 40.2 Å². The van der Waals surface area contributed by atoms with Gasteiger partial charge in [-0.2, -0.15) is 0 Å². The fourth-order valence-corrected chi connectivity index (χ4v) is 4.14. The number of amides is 1. The van der Waals surface area contributed by atoms with Crippen LogP contribution in [-0.4, -0.2) is 41.5 Å². The van der Waals surface area contributed by atoms with Crippen molar-refractivity contribution in [1.29, 1.82) is 0 Å². The Morgan fingerprint density at radius 2 is 2.00 bits per heavy atom. The van der Waals surface area contributed by atoms with E-state index in [4.69, 9.17) is 16.3 Å². The van der Waals surface area contributed by atoms with Crippen LogP contribution in [0.2, 0.25) is 5.02 Å². The van der Waals surface area contributed by atoms with E-state index in [1.807, 2.05) is 24.3 Å². The first-order chi connectivity index (χ1) is 14.9. The van der Waals surface area contributed by atoms with E-state index in [-0.39, 0.29) is 17.2 Å². The number of aromatic nitrogens is 2. The number of ether oxygens (including phenoxy) is 1. The van der Waals surface area contributed by atoms with Crippen molar-refractivity contribution in [2.75, 3.05) is 26.0 Å². The monoisotopic (exact) mass is 459 g/mol. The Bertz CT molecular complexity index is 1120. The second-order valence-corrected chi connectivity index (χ2v) is 8.61. The molecular weight excluding hydrogens is 434 g/mol. The van der Waals surface area contributed by atoms with Gasteiger partial charge in [0.1, 0.15) is 0 Å². The van der Waals surface area contributed by atoms with Gasteiger partial charge >= 0.3 is 0 Å². The molecule has 1 amide bonds. The number of nitrogens with zero attached hydrogens (tertiary/aromatic N) is 2. The molecule has 31 heavy (non-hydrogen) atoms. The molecule has 8 heteroatoms. The Kier molecular flexibility index (Phi) is 8.12. The van der Waals surface area contributed by atoms with Gasteiger partial charge in [0.05, 0.1) is 29.0 Å². The van der Waals surface area contributed by atoms with Crippen molar-refractivity contribution in [3.8, 4) is 5.69 Å². The van der Waals surface area contributed by atoms with Gasteiger partial charge in [-0.05, 0) is 48.2 Å². The average Bonchev–Trinajstić information content (AvgIpc) is 2.78. The van der Waals surface area contributed by atoms with Crippen molar-refractivity contribution in [2.45, 2.75) is 31.3 Å². The molecule has 164 valence electrons. The maximum absolute atomic E-state index is 13.4. The molecule has 0 saturated heterocycles. The molecule has 0 radical (unpaired) electrons. The quantitative estimate of drug-likeness (QED) is 0.291. The van der Waals surface area contributed by atoms with E-state index in [9.17, 15) is 9.59 Å². The van der Waals surface area contributed by atoms with Crippen LogP contribution < -0.4 is 10.9 Å². The summed E-state index contributed by atoms with van der Waals surface area (Å²) >= 11 is 7.34. The van der Waals surface area contributed by atoms with Crippen LogP contribution >= 0.6 is 23.4 Å². The number of halogens is 1. The van der Waals surface area contributed by atoms with Crippen molar-refractivity contribution < 1.29 is 9.53 Å². The summed E-state index contributed by atoms with van der Waals surface area (Å²) in [4.78, 5) is 30.2. The minimum absolute atomic E-state index is 0.139. The van der Waals surface area contributed by atoms with Crippen molar-refractivity contribution in [1.82, 2.24) is 14.9 Å². The van der Waals surface area contributed by atoms with E-state index >= 15 is 0 Å². The van der Waals surface area contributed by atoms with Crippen LogP contribution in [0, 0.1) is 0 Å². The highest BCUT2D eigenvalue weighted by Crippen LogP contribution is 2.25. The van der Waals surface area contributed by atoms with Crippen LogP contribution in [0.3, 0.4) is 0 Å². The highest BCUT2D eigenvalue weighted by Gasteiger charge is 2.16. The summed E-state index contributed by atoms with van der Waals surface area (Å²) in [5.41, 5.74) is 2.24. The predicted molar refractivity (Wildman–Crippen MR) is 127 cm³/mol. The van der Waals surface area contributed by atoms with E-state index in [1.54, 1.807) is 29.9 Å². The summed E-state index contributed by atoms with van der Waals surface area (Å²) in [6.45, 7) is 5.19. The molecule has 1 atom stereocenters. The second-order valence-electron chi connectivity index (χ2n) is 7.23. The highest BCUT2D eigenvalue weighted by atomic mass is 35.5. The predicted octanol–water partition coefficient (Wildman–Crippen LogP) is 4.41. The molecule has 2 aromatic carbocycles. The van der Waals surface area contributed by atoms with E-state index in [0.717, 1.165) is 6.42 Å². The Labute approximate surface area is 191 Å². The topological polar surface area (TPSA) is 73.2 Å². The number of carbonyl (C=O) groups excluding carboxylic acids is 1. The molecule has 0 fully saturated rings. The van der Waals surface area contributed by atoms with Crippen LogP contribution in [0.5, 0.6) is 0 Å². The second kappa shape index (κ2) is 10.8. The largest absolute Gasteiger partial charge is 0.383 e. The molecule has 6 nitrogen and oxygen atoms in total. The van der Waals surface area contributed by atoms with E-state index in [2.05, 4.69) is 24.1 Å². The van der Waals surface area contributed by atoms with Crippen molar-refractivity contribution in [3.63, 3.8) is 0 Å². The standard InChI is InChI=1S/C23H26ClN3O3S/c1-4-15(2)16-5-8-18(9-6-16)27-22(29)19-13-17(24)7-10-20(19)26-23(27)31-14-21(28)25-11-12-30-3/h5-10,13,15H,4,11-12,14H2,1-3H3,(H,25,28). The molecule has 0 saturated carbocycles. The van der Waals surface area contributed by atoms with Crippen LogP contribution in [0.1, 0.15) is 31.7 Å². The Morgan fingerprint density at radius 3 is 2.68 bits per heavy atom. The summed E-state index contributed by atoms with van der Waals surface area (Å²) in [6, 6.07) is 13.0. The molecule has 3 aromatic rings. The molecule has 1 N–H and O–H groups in total. The zero-order valence-corrected chi connectivity index (χ0v) is 19.4. The molecule has 3 rings (SSSR count). The zero-order valence-electron chi connectivity index (χ0n) is 17.9. The van der Waals surface area contributed by atoms with Crippen LogP contribution in [0.4, 0.5) is 0 Å². The maximum Gasteiger partial charge on any atom is 0.266 e. The highest BCUT2D eigenvalue weighted by molar-refractivity contribution is 7.99. The van der Waals surface area contributed by atoms with Crippen molar-refractivity contribution in [2.24, 2.45) is 0 Å². The molecule has 0 aliphatic carbocycles. The van der Waals surface area contributed by atoms with Gasteiger partial charge in [0.2, 0.25) is 5.91 Å². The van der Waals surface area contributed by atoms with Gasteiger partial charge in [-0.1, -0.05) is 49.3 Å². The Morgan fingerprint density at radius 1 is 1.26 bits per heavy atom. The summed E-state index contributed by atoms with van der Waals surface area (Å²) in [7, 11) is 1.58. The maximum atomic E-state index is 13.4. The molecular formula is C23H26ClN3O3S. The lowest BCUT2D eigenvalue weighted by molar-refractivity contribution is -0.118. The number of fused-ring (bicyclic) bond motifs is 1. The zero-order chi connectivity index (χ0) is 22.4. The van der Waals surface area contributed by atoms with Crippen molar-refractivity contribution in [3.05, 3.63) is 63.4 Å². The molecule has 1 heterocycles. The number of methoxy groups -OCH3 is 1. The SMILES string of the molecule is CCC(C)c1ccc(-n2c(SCC(=O)NCCOC)nc3ccc(Cl)cc3c2=O)cc1. The average molecular weight is 460 g/mol. The lowest BCUT2D eigenvalue weighted by atomic mass is 9.98. The number of benzene rings is 2. The minimum atomic E-state index is -0.217. The first kappa shape index (κ1) is 23.3. The summed E-state index contributed by atoms with van der Waals surface area (Å²) in [5, 5.41) is 4.15. The third kappa shape index (κ3) is 5.67. The van der Waals surface area contributed by atoms with Gasteiger partial charge in [-0.25, -0.2) is 4.98 Å². The lowest BCUT2D eigenvalue weighted by Gasteiger charge is -2.15. The molecule has 0 aliphatic heterocycles. The summed E-state index contributed by atoms with van der Waals surface area (Å²) in [6.07, 6.45) is 1.04. The van der Waals surface area contributed by atoms with Gasteiger partial charge in [-0.3, -0.25) is 14.2 Å². The molecule has 1 unspecified atom stereocenters. The number of hydrogen-bond acceptors (Lipinski definition) is 5. The first-order valence-corrected chi connectivity index (χ1v) is 11.5. The molecule has 1 aromatic heterocycles. The molecule has 0 aliphatic rings. The molecule has 0 spiro atoms. The lowest BCUT2D eigenvalue weighted by Crippen LogP contribution is -2.29. The summed E-state index contributed by atoms with van der Waals surface area (Å²) in [5.74, 6) is 0.426. The smallest absolute Gasteiger partial charge is 0.266 e. The van der Waals surface area contributed by atoms with Gasteiger partial charge in [0, 0.05) is 18.7 Å². The normalized spacial score (nSPS) is 12.1. The number of nitrogens with one attached hydrogen (secondary N) is 1. The van der Waals surface area contributed by atoms with Crippen LogP contribution in [0.25, 0.3) is 16.6 Å². The Balaban J connectivity index is 2.00. The van der Waals surface area contributed by atoms with Crippen LogP contribution in [0.15, 0.2) is 52.4 Å². The van der Waals surface area contributed by atoms with E-state index < -0.39 is 0 Å². The van der Waals surface area contributed by atoms with E-state index in [1.165, 1.54) is 17.3 Å². The summed E-state index contributed by atoms with van der Waals surface area (Å²) < 4.78 is 6.50. The van der Waals surface area contributed by atoms with E-state index in [0.29, 0.717) is 45.8 Å². The minimum Gasteiger partial charge on any atom is -0.383 e. The fraction of sp³-hybridized carbons (Fsp3) is 0.348. The van der Waals surface area contributed by atoms with Gasteiger partial charge in [0.25, 0.3) is 5.56 Å². The number of hydrogen-bond donors (Lipinski definition) is 1. The fourth-order valence-electron chi connectivity index (χ4n) is 3.12. The van der Waals surface area contributed by atoms with Gasteiger partial charge < -0.3 is 10.1 Å². The van der Waals surface area contributed by atoms with Gasteiger partial charge in [-0.15, -0.1) is 0 Å². The number of rotatable bonds is 9. The van der Waals surface area contributed by atoms with Crippen LogP contribution in [-0.2, 0) is 9.53 Å². The molecule has 0 bridgehead atoms. The number of carbonyl (C=O) groups is 1. The third-order valence-electron chi connectivity index (χ3n) is 5.09.